The minimum absolute atomic E-state index is 0.668. The van der Waals surface area contributed by atoms with Gasteiger partial charge in [-0.15, -0.1) is 0 Å². The topological polar surface area (TPSA) is 41.8 Å². The number of aromatic nitrogens is 2. The van der Waals surface area contributed by atoms with E-state index in [1.54, 1.807) is 0 Å². The molecule has 0 amide bonds. The first-order chi connectivity index (χ1) is 10.7. The normalized spacial score (nSPS) is 11.2. The van der Waals surface area contributed by atoms with Gasteiger partial charge >= 0.3 is 0 Å². The fourth-order valence-electron chi connectivity index (χ4n) is 2.36. The van der Waals surface area contributed by atoms with E-state index in [9.17, 15) is 0 Å². The van der Waals surface area contributed by atoms with Crippen molar-refractivity contribution in [2.45, 2.75) is 0 Å². The predicted octanol–water partition coefficient (Wildman–Crippen LogP) is 5.80. The zero-order valence-electron chi connectivity index (χ0n) is 11.3. The summed E-state index contributed by atoms with van der Waals surface area (Å²) in [5.41, 5.74) is 2.65. The third-order valence-electron chi connectivity index (χ3n) is 3.39. The van der Waals surface area contributed by atoms with Gasteiger partial charge in [-0.05, 0) is 42.5 Å². The smallest absolute Gasteiger partial charge is 0.174 e. The Morgan fingerprint density at radius 1 is 0.864 bits per heavy atom. The van der Waals surface area contributed by atoms with Crippen LogP contribution < -0.4 is 0 Å². The van der Waals surface area contributed by atoms with Gasteiger partial charge in [0.15, 0.2) is 11.6 Å². The van der Waals surface area contributed by atoms with Gasteiger partial charge in [0.05, 0.1) is 11.0 Å². The lowest BCUT2D eigenvalue weighted by molar-refractivity contribution is 0.593. The van der Waals surface area contributed by atoms with Crippen LogP contribution in [0.4, 0.5) is 0 Å². The highest BCUT2D eigenvalue weighted by molar-refractivity contribution is 6.31. The van der Waals surface area contributed by atoms with Gasteiger partial charge in [0.2, 0.25) is 0 Å². The summed E-state index contributed by atoms with van der Waals surface area (Å²) < 4.78 is 5.89. The molecule has 108 valence electrons. The molecule has 0 fully saturated rings. The van der Waals surface area contributed by atoms with E-state index in [1.165, 1.54) is 0 Å². The summed E-state index contributed by atoms with van der Waals surface area (Å²) in [6.07, 6.45) is 0. The third kappa shape index (κ3) is 2.39. The Kier molecular flexibility index (Phi) is 3.17. The van der Waals surface area contributed by atoms with Crippen molar-refractivity contribution in [3.63, 3.8) is 0 Å². The van der Waals surface area contributed by atoms with Crippen LogP contribution in [0.2, 0.25) is 10.0 Å². The largest absolute Gasteiger partial charge is 0.453 e. The Balaban J connectivity index is 1.76. The van der Waals surface area contributed by atoms with Gasteiger partial charge in [-0.2, -0.15) is 0 Å². The highest BCUT2D eigenvalue weighted by atomic mass is 35.5. The van der Waals surface area contributed by atoms with Gasteiger partial charge in [-0.25, -0.2) is 4.98 Å². The van der Waals surface area contributed by atoms with E-state index in [0.717, 1.165) is 22.4 Å². The molecule has 2 heterocycles. The maximum Gasteiger partial charge on any atom is 0.174 e. The Bertz CT molecular complexity index is 972. The predicted molar refractivity (Wildman–Crippen MR) is 89.3 cm³/mol. The lowest BCUT2D eigenvalue weighted by Crippen LogP contribution is -1.76. The molecule has 1 N–H and O–H groups in total. The summed E-state index contributed by atoms with van der Waals surface area (Å²) in [7, 11) is 0. The standard InChI is InChI=1S/C17H10Cl2N2O/c18-11-3-1-2-10(8-11)15-6-7-16(22-15)17-20-13-5-4-12(19)9-14(13)21-17/h1-9H,(H,20,21). The molecule has 0 spiro atoms. The second-order valence-corrected chi connectivity index (χ2v) is 5.79. The number of imidazole rings is 1. The van der Waals surface area contributed by atoms with Crippen molar-refractivity contribution >= 4 is 34.2 Å². The maximum atomic E-state index is 6.01. The van der Waals surface area contributed by atoms with E-state index < -0.39 is 0 Å². The van der Waals surface area contributed by atoms with Crippen LogP contribution in [-0.4, -0.2) is 9.97 Å². The van der Waals surface area contributed by atoms with E-state index >= 15 is 0 Å². The highest BCUT2D eigenvalue weighted by Crippen LogP contribution is 2.30. The number of fused-ring (bicyclic) bond motifs is 1. The second-order valence-electron chi connectivity index (χ2n) is 4.92. The molecule has 4 aromatic rings. The molecular weight excluding hydrogens is 319 g/mol. The molecule has 0 saturated heterocycles. The van der Waals surface area contributed by atoms with E-state index in [1.807, 2.05) is 54.6 Å². The van der Waals surface area contributed by atoms with Crippen molar-refractivity contribution in [1.29, 1.82) is 0 Å². The Hall–Kier alpha value is -2.23. The molecule has 3 nitrogen and oxygen atoms in total. The molecule has 2 aromatic heterocycles. The quantitative estimate of drug-likeness (QED) is 0.505. The van der Waals surface area contributed by atoms with Crippen LogP contribution in [0, 0.1) is 0 Å². The number of H-pyrrole nitrogens is 1. The number of aromatic amines is 1. The molecule has 0 atom stereocenters. The molecule has 0 aliphatic carbocycles. The fraction of sp³-hybridized carbons (Fsp3) is 0. The fourth-order valence-corrected chi connectivity index (χ4v) is 2.72. The van der Waals surface area contributed by atoms with Crippen LogP contribution in [0.1, 0.15) is 0 Å². The number of benzene rings is 2. The molecule has 0 aliphatic heterocycles. The Morgan fingerprint density at radius 3 is 2.55 bits per heavy atom. The van der Waals surface area contributed by atoms with Crippen molar-refractivity contribution in [1.82, 2.24) is 9.97 Å². The summed E-state index contributed by atoms with van der Waals surface area (Å²) in [5.74, 6) is 2.09. The van der Waals surface area contributed by atoms with Gasteiger partial charge in [0, 0.05) is 15.6 Å². The van der Waals surface area contributed by atoms with Crippen molar-refractivity contribution in [2.75, 3.05) is 0 Å². The zero-order valence-corrected chi connectivity index (χ0v) is 12.8. The average molecular weight is 329 g/mol. The second kappa shape index (κ2) is 5.20. The summed E-state index contributed by atoms with van der Waals surface area (Å²) in [6, 6.07) is 16.9. The lowest BCUT2D eigenvalue weighted by atomic mass is 10.2. The first-order valence-electron chi connectivity index (χ1n) is 6.70. The number of nitrogens with one attached hydrogen (secondary N) is 1. The molecule has 5 heteroatoms. The van der Waals surface area contributed by atoms with E-state index in [-0.39, 0.29) is 0 Å². The SMILES string of the molecule is Clc1cccc(-c2ccc(-c3nc4ccc(Cl)cc4[nH]3)o2)c1. The van der Waals surface area contributed by atoms with Crippen LogP contribution in [-0.2, 0) is 0 Å². The average Bonchev–Trinajstić information content (AvgIpc) is 3.13. The van der Waals surface area contributed by atoms with E-state index in [0.29, 0.717) is 21.6 Å². The zero-order chi connectivity index (χ0) is 15.1. The van der Waals surface area contributed by atoms with Gasteiger partial charge in [0.25, 0.3) is 0 Å². The molecule has 0 aliphatic rings. The third-order valence-corrected chi connectivity index (χ3v) is 3.86. The molecular formula is C17H10Cl2N2O. The van der Waals surface area contributed by atoms with Crippen LogP contribution >= 0.6 is 23.2 Å². The molecule has 0 saturated carbocycles. The van der Waals surface area contributed by atoms with Gasteiger partial charge < -0.3 is 9.40 Å². The number of furan rings is 1. The molecule has 2 aromatic carbocycles. The first kappa shape index (κ1) is 13.4. The van der Waals surface area contributed by atoms with Crippen molar-refractivity contribution in [3.05, 3.63) is 64.6 Å². The monoisotopic (exact) mass is 328 g/mol. The first-order valence-corrected chi connectivity index (χ1v) is 7.46. The maximum absolute atomic E-state index is 6.01. The summed E-state index contributed by atoms with van der Waals surface area (Å²) >= 11 is 12.0. The summed E-state index contributed by atoms with van der Waals surface area (Å²) in [5, 5.41) is 1.34. The number of rotatable bonds is 2. The summed E-state index contributed by atoms with van der Waals surface area (Å²) in [4.78, 5) is 7.73. The number of hydrogen-bond acceptors (Lipinski definition) is 2. The van der Waals surface area contributed by atoms with Crippen molar-refractivity contribution < 1.29 is 4.42 Å². The van der Waals surface area contributed by atoms with Crippen LogP contribution in [0.5, 0.6) is 0 Å². The molecule has 0 radical (unpaired) electrons. The molecule has 22 heavy (non-hydrogen) atoms. The number of hydrogen-bond donors (Lipinski definition) is 1. The number of nitrogens with zero attached hydrogens (tertiary/aromatic N) is 1. The highest BCUT2D eigenvalue weighted by Gasteiger charge is 2.11. The minimum atomic E-state index is 0.668. The molecule has 4 rings (SSSR count). The van der Waals surface area contributed by atoms with Crippen LogP contribution in [0.25, 0.3) is 33.9 Å². The summed E-state index contributed by atoms with van der Waals surface area (Å²) in [6.45, 7) is 0. The Morgan fingerprint density at radius 2 is 1.68 bits per heavy atom. The van der Waals surface area contributed by atoms with Gasteiger partial charge in [-0.3, -0.25) is 0 Å². The van der Waals surface area contributed by atoms with Crippen molar-refractivity contribution in [2.24, 2.45) is 0 Å². The molecule has 0 bridgehead atoms. The lowest BCUT2D eigenvalue weighted by Gasteiger charge is -1.97. The number of halogens is 2. The van der Waals surface area contributed by atoms with E-state index in [2.05, 4.69) is 9.97 Å². The van der Waals surface area contributed by atoms with Crippen LogP contribution in [0.15, 0.2) is 59.0 Å². The Labute approximate surface area is 136 Å². The van der Waals surface area contributed by atoms with Crippen molar-refractivity contribution in [3.8, 4) is 22.9 Å². The van der Waals surface area contributed by atoms with E-state index in [4.69, 9.17) is 27.6 Å². The van der Waals surface area contributed by atoms with Gasteiger partial charge in [0.1, 0.15) is 5.76 Å². The molecule has 0 unspecified atom stereocenters. The minimum Gasteiger partial charge on any atom is -0.453 e. The van der Waals surface area contributed by atoms with Gasteiger partial charge in [-0.1, -0.05) is 35.3 Å². The van der Waals surface area contributed by atoms with Crippen LogP contribution in [0.3, 0.4) is 0 Å².